The van der Waals surface area contributed by atoms with Crippen LogP contribution in [0.25, 0.3) is 0 Å². The van der Waals surface area contributed by atoms with E-state index in [2.05, 4.69) is 29.5 Å². The van der Waals surface area contributed by atoms with Gasteiger partial charge in [-0.25, -0.2) is 4.98 Å². The molecule has 16 heavy (non-hydrogen) atoms. The molecular weight excluding hydrogens is 216 g/mol. The lowest BCUT2D eigenvalue weighted by molar-refractivity contribution is 0.410. The molecule has 3 heteroatoms. The van der Waals surface area contributed by atoms with Gasteiger partial charge in [-0.3, -0.25) is 0 Å². The van der Waals surface area contributed by atoms with Crippen molar-refractivity contribution in [2.75, 3.05) is 0 Å². The third-order valence-electron chi connectivity index (χ3n) is 3.42. The van der Waals surface area contributed by atoms with Gasteiger partial charge < -0.3 is 5.32 Å². The number of hydrogen-bond donors (Lipinski definition) is 1. The highest BCUT2D eigenvalue weighted by Gasteiger charge is 2.16. The molecular formula is C13H22N2S. The summed E-state index contributed by atoms with van der Waals surface area (Å²) >= 11 is 1.75. The molecule has 1 aliphatic carbocycles. The van der Waals surface area contributed by atoms with Crippen LogP contribution in [0.15, 0.2) is 5.38 Å². The normalized spacial score (nSPS) is 20.6. The van der Waals surface area contributed by atoms with Gasteiger partial charge in [-0.1, -0.05) is 25.7 Å². The summed E-state index contributed by atoms with van der Waals surface area (Å²) in [7, 11) is 0. The van der Waals surface area contributed by atoms with E-state index in [0.717, 1.165) is 0 Å². The molecule has 1 aromatic heterocycles. The van der Waals surface area contributed by atoms with Crippen LogP contribution in [0.4, 0.5) is 0 Å². The van der Waals surface area contributed by atoms with Gasteiger partial charge in [0.1, 0.15) is 0 Å². The van der Waals surface area contributed by atoms with Gasteiger partial charge in [-0.05, 0) is 26.7 Å². The zero-order valence-electron chi connectivity index (χ0n) is 10.3. The molecule has 0 spiro atoms. The van der Waals surface area contributed by atoms with E-state index in [4.69, 9.17) is 0 Å². The number of aromatic nitrogens is 1. The second-order valence-corrected chi connectivity index (χ2v) is 5.93. The number of thiazole rings is 1. The van der Waals surface area contributed by atoms with Crippen LogP contribution >= 0.6 is 11.3 Å². The van der Waals surface area contributed by atoms with Crippen LogP contribution in [0.3, 0.4) is 0 Å². The Labute approximate surface area is 102 Å². The third-order valence-corrected chi connectivity index (χ3v) is 4.21. The van der Waals surface area contributed by atoms with Crippen molar-refractivity contribution in [3.05, 3.63) is 16.1 Å². The summed E-state index contributed by atoms with van der Waals surface area (Å²) in [6.07, 6.45) is 8.30. The zero-order chi connectivity index (χ0) is 11.4. The monoisotopic (exact) mass is 238 g/mol. The molecule has 0 aliphatic heterocycles. The molecule has 1 unspecified atom stereocenters. The molecule has 2 nitrogen and oxygen atoms in total. The van der Waals surface area contributed by atoms with Crippen molar-refractivity contribution in [1.29, 1.82) is 0 Å². The number of nitrogens with one attached hydrogen (secondary N) is 1. The van der Waals surface area contributed by atoms with Gasteiger partial charge in [0.2, 0.25) is 0 Å². The van der Waals surface area contributed by atoms with Gasteiger partial charge in [0.15, 0.2) is 0 Å². The van der Waals surface area contributed by atoms with E-state index in [1.165, 1.54) is 49.2 Å². The molecule has 90 valence electrons. The van der Waals surface area contributed by atoms with E-state index in [1.807, 2.05) is 0 Å². The van der Waals surface area contributed by atoms with Crippen molar-refractivity contribution >= 4 is 11.3 Å². The van der Waals surface area contributed by atoms with Gasteiger partial charge in [0, 0.05) is 17.5 Å². The maximum atomic E-state index is 4.56. The fourth-order valence-corrected chi connectivity index (χ4v) is 3.17. The second-order valence-electron chi connectivity index (χ2n) is 4.87. The van der Waals surface area contributed by atoms with Gasteiger partial charge in [0.25, 0.3) is 0 Å². The molecule has 0 bridgehead atoms. The van der Waals surface area contributed by atoms with Crippen molar-refractivity contribution in [3.63, 3.8) is 0 Å². The minimum absolute atomic E-state index is 0.410. The molecule has 1 heterocycles. The summed E-state index contributed by atoms with van der Waals surface area (Å²) in [6, 6.07) is 1.12. The second kappa shape index (κ2) is 5.78. The first-order valence-electron chi connectivity index (χ1n) is 6.44. The average molecular weight is 238 g/mol. The van der Waals surface area contributed by atoms with Crippen molar-refractivity contribution < 1.29 is 0 Å². The van der Waals surface area contributed by atoms with E-state index < -0.39 is 0 Å². The summed E-state index contributed by atoms with van der Waals surface area (Å²) in [6.45, 7) is 4.31. The summed E-state index contributed by atoms with van der Waals surface area (Å²) in [5, 5.41) is 7.09. The van der Waals surface area contributed by atoms with Crippen LogP contribution in [-0.4, -0.2) is 11.0 Å². The van der Waals surface area contributed by atoms with Crippen molar-refractivity contribution in [2.24, 2.45) is 0 Å². The smallest absolute Gasteiger partial charge is 0.0898 e. The molecule has 1 fully saturated rings. The number of nitrogens with zero attached hydrogens (tertiary/aromatic N) is 1. The van der Waals surface area contributed by atoms with Gasteiger partial charge in [-0.15, -0.1) is 11.3 Å². The van der Waals surface area contributed by atoms with Crippen LogP contribution in [0.5, 0.6) is 0 Å². The molecule has 2 rings (SSSR count). The predicted octanol–water partition coefficient (Wildman–Crippen LogP) is 3.82. The molecule has 1 atom stereocenters. The molecule has 0 radical (unpaired) electrons. The topological polar surface area (TPSA) is 24.9 Å². The highest BCUT2D eigenvalue weighted by Crippen LogP contribution is 2.21. The Morgan fingerprint density at radius 2 is 2.00 bits per heavy atom. The van der Waals surface area contributed by atoms with E-state index in [1.54, 1.807) is 11.3 Å². The maximum absolute atomic E-state index is 4.56. The predicted molar refractivity (Wildman–Crippen MR) is 69.9 cm³/mol. The zero-order valence-corrected chi connectivity index (χ0v) is 11.1. The lowest BCUT2D eigenvalue weighted by atomic mass is 10.1. The number of aryl methyl sites for hydroxylation is 1. The summed E-state index contributed by atoms with van der Waals surface area (Å²) in [5.74, 6) is 0. The molecule has 0 saturated heterocycles. The molecule has 1 aromatic rings. The summed E-state index contributed by atoms with van der Waals surface area (Å²) in [5.41, 5.74) is 1.21. The summed E-state index contributed by atoms with van der Waals surface area (Å²) in [4.78, 5) is 4.56. The Morgan fingerprint density at radius 3 is 2.56 bits per heavy atom. The van der Waals surface area contributed by atoms with Gasteiger partial charge in [0.05, 0.1) is 10.7 Å². The average Bonchev–Trinajstić information content (AvgIpc) is 2.54. The Hall–Kier alpha value is -0.410. The van der Waals surface area contributed by atoms with Crippen LogP contribution in [0.2, 0.25) is 0 Å². The van der Waals surface area contributed by atoms with E-state index in [0.29, 0.717) is 12.1 Å². The van der Waals surface area contributed by atoms with Crippen LogP contribution < -0.4 is 5.32 Å². The number of hydrogen-bond acceptors (Lipinski definition) is 3. The Morgan fingerprint density at radius 1 is 1.31 bits per heavy atom. The first-order chi connectivity index (χ1) is 7.75. The van der Waals surface area contributed by atoms with E-state index in [-0.39, 0.29) is 0 Å². The molecule has 0 aromatic carbocycles. The first-order valence-corrected chi connectivity index (χ1v) is 7.32. The number of rotatable bonds is 3. The largest absolute Gasteiger partial charge is 0.306 e. The molecule has 1 saturated carbocycles. The van der Waals surface area contributed by atoms with Gasteiger partial charge in [-0.2, -0.15) is 0 Å². The fourth-order valence-electron chi connectivity index (χ4n) is 2.46. The fraction of sp³-hybridized carbons (Fsp3) is 0.769. The Balaban J connectivity index is 1.88. The lowest BCUT2D eigenvalue weighted by Crippen LogP contribution is -2.31. The van der Waals surface area contributed by atoms with Crippen LogP contribution in [0, 0.1) is 6.92 Å². The molecule has 1 aliphatic rings. The third kappa shape index (κ3) is 3.29. The van der Waals surface area contributed by atoms with Crippen LogP contribution in [-0.2, 0) is 0 Å². The maximum Gasteiger partial charge on any atom is 0.0898 e. The van der Waals surface area contributed by atoms with Crippen molar-refractivity contribution in [2.45, 2.75) is 64.5 Å². The Bertz CT molecular complexity index is 313. The minimum atomic E-state index is 0.410. The van der Waals surface area contributed by atoms with Crippen molar-refractivity contribution in [1.82, 2.24) is 10.3 Å². The summed E-state index contributed by atoms with van der Waals surface area (Å²) < 4.78 is 0. The Kier molecular flexibility index (Phi) is 4.36. The molecule has 0 amide bonds. The quantitative estimate of drug-likeness (QED) is 0.810. The standard InChI is InChI=1S/C13H22N2S/c1-10(13-9-16-11(2)15-13)14-12-7-5-3-4-6-8-12/h9-10,12,14H,3-8H2,1-2H3. The minimum Gasteiger partial charge on any atom is -0.306 e. The van der Waals surface area contributed by atoms with Crippen molar-refractivity contribution in [3.8, 4) is 0 Å². The highest BCUT2D eigenvalue weighted by molar-refractivity contribution is 7.09. The van der Waals surface area contributed by atoms with E-state index in [9.17, 15) is 0 Å². The first kappa shape index (κ1) is 12.1. The lowest BCUT2D eigenvalue weighted by Gasteiger charge is -2.20. The van der Waals surface area contributed by atoms with Gasteiger partial charge >= 0.3 is 0 Å². The molecule has 1 N–H and O–H groups in total. The highest BCUT2D eigenvalue weighted by atomic mass is 32.1. The van der Waals surface area contributed by atoms with E-state index >= 15 is 0 Å². The van der Waals surface area contributed by atoms with Crippen LogP contribution in [0.1, 0.15) is 62.2 Å². The SMILES string of the molecule is Cc1nc(C(C)NC2CCCCCC2)cs1.